The highest BCUT2D eigenvalue weighted by Gasteiger charge is 2.16. The number of rotatable bonds is 8. The summed E-state index contributed by atoms with van der Waals surface area (Å²) in [6.07, 6.45) is 0.203. The van der Waals surface area contributed by atoms with Crippen LogP contribution in [0.15, 0.2) is 54.6 Å². The van der Waals surface area contributed by atoms with Gasteiger partial charge in [-0.25, -0.2) is 0 Å². The molecule has 2 aromatic carbocycles. The van der Waals surface area contributed by atoms with Crippen molar-refractivity contribution in [3.63, 3.8) is 0 Å². The Kier molecular flexibility index (Phi) is 6.32. The first kappa shape index (κ1) is 17.2. The van der Waals surface area contributed by atoms with Crippen molar-refractivity contribution in [3.8, 4) is 0 Å². The third kappa shape index (κ3) is 5.51. The number of hydrogen-bond acceptors (Lipinski definition) is 3. The summed E-state index contributed by atoms with van der Waals surface area (Å²) in [4.78, 5) is 11.7. The van der Waals surface area contributed by atoms with Gasteiger partial charge in [0.05, 0.1) is 12.7 Å². The van der Waals surface area contributed by atoms with Crippen LogP contribution >= 0.6 is 0 Å². The molecule has 1 atom stereocenters. The number of ether oxygens (including phenoxy) is 1. The van der Waals surface area contributed by atoms with Crippen molar-refractivity contribution in [1.82, 2.24) is 5.32 Å². The second-order valence-corrected chi connectivity index (χ2v) is 5.81. The highest BCUT2D eigenvalue weighted by Crippen LogP contribution is 2.14. The van der Waals surface area contributed by atoms with Crippen molar-refractivity contribution >= 4 is 5.91 Å². The minimum absolute atomic E-state index is 0.203. The predicted molar refractivity (Wildman–Crippen MR) is 91.6 cm³/mol. The second-order valence-electron chi connectivity index (χ2n) is 5.81. The summed E-state index contributed by atoms with van der Waals surface area (Å²) in [6.45, 7) is 5.19. The van der Waals surface area contributed by atoms with E-state index in [-0.39, 0.29) is 12.0 Å². The average Bonchev–Trinajstić information content (AvgIpc) is 2.54. The van der Waals surface area contributed by atoms with Gasteiger partial charge >= 0.3 is 0 Å². The molecule has 0 unspecified atom stereocenters. The monoisotopic (exact) mass is 312 g/mol. The van der Waals surface area contributed by atoms with Crippen molar-refractivity contribution in [2.24, 2.45) is 5.73 Å². The Hall–Kier alpha value is -2.17. The summed E-state index contributed by atoms with van der Waals surface area (Å²) >= 11 is 0. The van der Waals surface area contributed by atoms with Crippen LogP contribution in [0.5, 0.6) is 0 Å². The molecule has 0 aliphatic rings. The lowest BCUT2D eigenvalue weighted by atomic mass is 10.1. The molecule has 0 spiro atoms. The van der Waals surface area contributed by atoms with Gasteiger partial charge in [-0.3, -0.25) is 10.1 Å². The molecule has 23 heavy (non-hydrogen) atoms. The number of nitrogens with one attached hydrogen (secondary N) is 1. The van der Waals surface area contributed by atoms with E-state index in [2.05, 4.69) is 11.4 Å². The lowest BCUT2D eigenvalue weighted by molar-refractivity contribution is -0.120. The average molecular weight is 312 g/mol. The van der Waals surface area contributed by atoms with Gasteiger partial charge < -0.3 is 10.5 Å². The summed E-state index contributed by atoms with van der Waals surface area (Å²) in [6, 6.07) is 17.2. The van der Waals surface area contributed by atoms with E-state index in [1.807, 2.05) is 62.4 Å². The van der Waals surface area contributed by atoms with Gasteiger partial charge in [-0.15, -0.1) is 0 Å². The maximum Gasteiger partial charge on any atom is 0.239 e. The zero-order valence-corrected chi connectivity index (χ0v) is 13.7. The Balaban J connectivity index is 2.01. The fraction of sp³-hybridized carbons (Fsp3) is 0.316. The first-order valence-electron chi connectivity index (χ1n) is 7.83. The van der Waals surface area contributed by atoms with Crippen LogP contribution < -0.4 is 11.1 Å². The molecule has 0 bridgehead atoms. The van der Waals surface area contributed by atoms with Crippen LogP contribution in [0.1, 0.15) is 36.6 Å². The number of primary amides is 1. The van der Waals surface area contributed by atoms with E-state index in [1.54, 1.807) is 0 Å². The van der Waals surface area contributed by atoms with Crippen LogP contribution in [0, 0.1) is 0 Å². The van der Waals surface area contributed by atoms with Crippen LogP contribution in [0.25, 0.3) is 0 Å². The molecular formula is C19H24N2O2. The van der Waals surface area contributed by atoms with Gasteiger partial charge in [-0.1, -0.05) is 54.6 Å². The van der Waals surface area contributed by atoms with Crippen LogP contribution in [-0.4, -0.2) is 12.0 Å². The lowest BCUT2D eigenvalue weighted by Crippen LogP contribution is -2.33. The van der Waals surface area contributed by atoms with E-state index in [1.165, 1.54) is 0 Å². The standard InChI is InChI=1S/C19H24N2O2/c1-14(2)23-13-16-8-6-7-15(11-16)12-21-18(19(20)22)17-9-4-3-5-10-17/h3-11,14,18,21H,12-13H2,1-2H3,(H2,20,22)/t18-/m1/s1. The fourth-order valence-electron chi connectivity index (χ4n) is 2.34. The Morgan fingerprint density at radius 2 is 1.78 bits per heavy atom. The van der Waals surface area contributed by atoms with E-state index in [9.17, 15) is 4.79 Å². The van der Waals surface area contributed by atoms with E-state index >= 15 is 0 Å². The summed E-state index contributed by atoms with van der Waals surface area (Å²) in [5.41, 5.74) is 8.61. The van der Waals surface area contributed by atoms with Crippen molar-refractivity contribution in [1.29, 1.82) is 0 Å². The van der Waals surface area contributed by atoms with E-state index in [0.717, 1.165) is 16.7 Å². The summed E-state index contributed by atoms with van der Waals surface area (Å²) in [5.74, 6) is -0.379. The molecule has 3 N–H and O–H groups in total. The summed E-state index contributed by atoms with van der Waals surface area (Å²) < 4.78 is 5.62. The number of benzene rings is 2. The molecule has 2 rings (SSSR count). The third-order valence-corrected chi connectivity index (χ3v) is 3.50. The molecule has 2 aromatic rings. The number of hydrogen-bond donors (Lipinski definition) is 2. The lowest BCUT2D eigenvalue weighted by Gasteiger charge is -2.16. The van der Waals surface area contributed by atoms with E-state index < -0.39 is 6.04 Å². The number of amides is 1. The summed E-state index contributed by atoms with van der Waals surface area (Å²) in [7, 11) is 0. The molecule has 122 valence electrons. The van der Waals surface area contributed by atoms with Crippen molar-refractivity contribution in [3.05, 3.63) is 71.3 Å². The highest BCUT2D eigenvalue weighted by molar-refractivity contribution is 5.81. The smallest absolute Gasteiger partial charge is 0.239 e. The molecule has 0 aliphatic heterocycles. The van der Waals surface area contributed by atoms with Crippen molar-refractivity contribution < 1.29 is 9.53 Å². The Morgan fingerprint density at radius 3 is 2.43 bits per heavy atom. The van der Waals surface area contributed by atoms with Gasteiger partial charge in [-0.05, 0) is 30.5 Å². The van der Waals surface area contributed by atoms with Crippen LogP contribution in [-0.2, 0) is 22.7 Å². The molecular weight excluding hydrogens is 288 g/mol. The quantitative estimate of drug-likeness (QED) is 0.787. The number of nitrogens with two attached hydrogens (primary N) is 1. The van der Waals surface area contributed by atoms with Gasteiger partial charge in [0.15, 0.2) is 0 Å². The molecule has 4 heteroatoms. The Morgan fingerprint density at radius 1 is 1.09 bits per heavy atom. The van der Waals surface area contributed by atoms with E-state index in [0.29, 0.717) is 13.2 Å². The predicted octanol–water partition coefficient (Wildman–Crippen LogP) is 2.93. The number of carbonyl (C=O) groups is 1. The fourth-order valence-corrected chi connectivity index (χ4v) is 2.34. The van der Waals surface area contributed by atoms with Gasteiger partial charge in [0.1, 0.15) is 6.04 Å². The first-order chi connectivity index (χ1) is 11.1. The molecule has 0 aliphatic carbocycles. The van der Waals surface area contributed by atoms with Gasteiger partial charge in [0.25, 0.3) is 0 Å². The zero-order valence-electron chi connectivity index (χ0n) is 13.7. The topological polar surface area (TPSA) is 64.3 Å². The second kappa shape index (κ2) is 8.46. The van der Waals surface area contributed by atoms with Crippen LogP contribution in [0.3, 0.4) is 0 Å². The number of carbonyl (C=O) groups excluding carboxylic acids is 1. The maximum absolute atomic E-state index is 11.7. The Labute approximate surface area is 137 Å². The minimum Gasteiger partial charge on any atom is -0.374 e. The van der Waals surface area contributed by atoms with E-state index in [4.69, 9.17) is 10.5 Å². The molecule has 0 radical (unpaired) electrons. The third-order valence-electron chi connectivity index (χ3n) is 3.50. The largest absolute Gasteiger partial charge is 0.374 e. The first-order valence-corrected chi connectivity index (χ1v) is 7.83. The normalized spacial score (nSPS) is 12.3. The van der Waals surface area contributed by atoms with Crippen molar-refractivity contribution in [2.45, 2.75) is 39.1 Å². The van der Waals surface area contributed by atoms with Crippen molar-refractivity contribution in [2.75, 3.05) is 0 Å². The van der Waals surface area contributed by atoms with Gasteiger partial charge in [-0.2, -0.15) is 0 Å². The van der Waals surface area contributed by atoms with Crippen LogP contribution in [0.4, 0.5) is 0 Å². The maximum atomic E-state index is 11.7. The van der Waals surface area contributed by atoms with Gasteiger partial charge in [0, 0.05) is 6.54 Å². The molecule has 0 fully saturated rings. The Bertz CT molecular complexity index is 626. The molecule has 0 heterocycles. The molecule has 1 amide bonds. The SMILES string of the molecule is CC(C)OCc1cccc(CN[C@@H](C(N)=O)c2ccccc2)c1. The molecule has 0 saturated carbocycles. The molecule has 0 aromatic heterocycles. The zero-order chi connectivity index (χ0) is 16.7. The highest BCUT2D eigenvalue weighted by atomic mass is 16.5. The summed E-state index contributed by atoms with van der Waals surface area (Å²) in [5, 5.41) is 3.23. The molecule has 4 nitrogen and oxygen atoms in total. The molecule has 0 saturated heterocycles. The van der Waals surface area contributed by atoms with Crippen LogP contribution in [0.2, 0.25) is 0 Å². The minimum atomic E-state index is -0.494. The van der Waals surface area contributed by atoms with Gasteiger partial charge in [0.2, 0.25) is 5.91 Å².